The van der Waals surface area contributed by atoms with Crippen molar-refractivity contribution in [2.24, 2.45) is 0 Å². The second-order valence-electron chi connectivity index (χ2n) is 5.93. The van der Waals surface area contributed by atoms with Crippen LogP contribution in [0.15, 0.2) is 47.8 Å². The number of carbonyl (C=O) groups excluding carboxylic acids is 3. The molecule has 27 heavy (non-hydrogen) atoms. The Kier molecular flexibility index (Phi) is 4.04. The quantitative estimate of drug-likeness (QED) is 0.705. The smallest absolute Gasteiger partial charge is 0.261 e. The van der Waals surface area contributed by atoms with Crippen LogP contribution in [0.2, 0.25) is 0 Å². The van der Waals surface area contributed by atoms with E-state index in [1.165, 1.54) is 48.7 Å². The third-order valence-corrected chi connectivity index (χ3v) is 4.95. The highest BCUT2D eigenvalue weighted by Gasteiger charge is 2.33. The highest BCUT2D eigenvalue weighted by molar-refractivity contribution is 7.14. The van der Waals surface area contributed by atoms with Crippen LogP contribution in [0.5, 0.6) is 0 Å². The number of benzene rings is 2. The van der Waals surface area contributed by atoms with Crippen molar-refractivity contribution in [1.29, 1.82) is 0 Å². The van der Waals surface area contributed by atoms with Gasteiger partial charge in [0, 0.05) is 23.6 Å². The molecule has 1 aromatic heterocycles. The number of nitrogens with one attached hydrogen (secondary N) is 1. The maximum absolute atomic E-state index is 13.3. The van der Waals surface area contributed by atoms with Crippen LogP contribution in [-0.4, -0.2) is 34.7 Å². The van der Waals surface area contributed by atoms with E-state index in [-0.39, 0.29) is 28.4 Å². The molecule has 0 atom stereocenters. The molecule has 0 saturated carbocycles. The van der Waals surface area contributed by atoms with Crippen LogP contribution in [-0.2, 0) is 0 Å². The third kappa shape index (κ3) is 3.00. The monoisotopic (exact) mass is 381 g/mol. The van der Waals surface area contributed by atoms with Crippen LogP contribution in [0.25, 0.3) is 11.3 Å². The molecule has 3 amide bonds. The van der Waals surface area contributed by atoms with Crippen molar-refractivity contribution in [2.45, 2.75) is 0 Å². The summed E-state index contributed by atoms with van der Waals surface area (Å²) in [5.74, 6) is -1.64. The predicted molar refractivity (Wildman–Crippen MR) is 98.3 cm³/mol. The molecule has 0 spiro atoms. The molecular formula is C19H12FN3O3S. The molecule has 0 saturated heterocycles. The van der Waals surface area contributed by atoms with Gasteiger partial charge in [0.2, 0.25) is 0 Å². The van der Waals surface area contributed by atoms with Crippen molar-refractivity contribution in [3.8, 4) is 11.3 Å². The largest absolute Gasteiger partial charge is 0.298 e. The van der Waals surface area contributed by atoms with Gasteiger partial charge < -0.3 is 0 Å². The van der Waals surface area contributed by atoms with Crippen molar-refractivity contribution in [3.63, 3.8) is 0 Å². The fraction of sp³-hybridized carbons (Fsp3) is 0.0526. The summed E-state index contributed by atoms with van der Waals surface area (Å²) in [6.45, 7) is 0. The molecule has 1 N–H and O–H groups in total. The van der Waals surface area contributed by atoms with Gasteiger partial charge in [0.15, 0.2) is 5.13 Å². The highest BCUT2D eigenvalue weighted by Crippen LogP contribution is 2.27. The molecular weight excluding hydrogens is 369 g/mol. The summed E-state index contributed by atoms with van der Waals surface area (Å²) in [6.07, 6.45) is 0. The number of imide groups is 1. The lowest BCUT2D eigenvalue weighted by Gasteiger charge is -2.03. The summed E-state index contributed by atoms with van der Waals surface area (Å²) in [5, 5.41) is 4.72. The number of hydrogen-bond donors (Lipinski definition) is 1. The van der Waals surface area contributed by atoms with Crippen molar-refractivity contribution >= 4 is 34.2 Å². The molecule has 134 valence electrons. The van der Waals surface area contributed by atoms with Crippen LogP contribution in [0.1, 0.15) is 31.1 Å². The fourth-order valence-corrected chi connectivity index (χ4v) is 3.50. The molecule has 4 rings (SSSR count). The molecule has 0 aliphatic carbocycles. The minimum atomic E-state index is -0.451. The zero-order chi connectivity index (χ0) is 19.1. The van der Waals surface area contributed by atoms with E-state index in [4.69, 9.17) is 0 Å². The van der Waals surface area contributed by atoms with Gasteiger partial charge in [0.05, 0.1) is 16.8 Å². The lowest BCUT2D eigenvalue weighted by atomic mass is 10.1. The van der Waals surface area contributed by atoms with Gasteiger partial charge in [-0.3, -0.25) is 24.6 Å². The van der Waals surface area contributed by atoms with E-state index in [1.54, 1.807) is 17.5 Å². The van der Waals surface area contributed by atoms with E-state index in [2.05, 4.69) is 10.3 Å². The number of fused-ring (bicyclic) bond motifs is 1. The fourth-order valence-electron chi connectivity index (χ4n) is 2.78. The lowest BCUT2D eigenvalue weighted by Crippen LogP contribution is -2.24. The van der Waals surface area contributed by atoms with Crippen LogP contribution in [0.3, 0.4) is 0 Å². The summed E-state index contributed by atoms with van der Waals surface area (Å²) < 4.78 is 13.3. The molecule has 0 radical (unpaired) electrons. The Labute approximate surface area is 157 Å². The van der Waals surface area contributed by atoms with Gasteiger partial charge in [-0.2, -0.15) is 0 Å². The second kappa shape index (κ2) is 6.40. The van der Waals surface area contributed by atoms with Crippen LogP contribution < -0.4 is 5.32 Å². The molecule has 0 unspecified atom stereocenters. The molecule has 0 bridgehead atoms. The maximum Gasteiger partial charge on any atom is 0.261 e. The number of carbonyl (C=O) groups is 3. The topological polar surface area (TPSA) is 79.4 Å². The summed E-state index contributed by atoms with van der Waals surface area (Å²) >= 11 is 1.21. The predicted octanol–water partition coefficient (Wildman–Crippen LogP) is 3.43. The lowest BCUT2D eigenvalue weighted by molar-refractivity contribution is 0.0693. The number of anilines is 1. The first-order chi connectivity index (χ1) is 12.9. The number of thiazole rings is 1. The number of aromatic nitrogens is 1. The molecule has 1 aliphatic rings. The second-order valence-corrected chi connectivity index (χ2v) is 6.79. The number of halogens is 1. The SMILES string of the molecule is CN1C(=O)c2ccc(C(=O)Nc3nc(-c4cccc(F)c4)cs3)cc2C1=O. The van der Waals surface area contributed by atoms with Crippen molar-refractivity contribution < 1.29 is 18.8 Å². The summed E-state index contributed by atoms with van der Waals surface area (Å²) in [4.78, 5) is 41.7. The zero-order valence-electron chi connectivity index (χ0n) is 14.0. The molecule has 6 nitrogen and oxygen atoms in total. The number of rotatable bonds is 3. The molecule has 0 fully saturated rings. The van der Waals surface area contributed by atoms with Gasteiger partial charge in [0.1, 0.15) is 5.82 Å². The minimum absolute atomic E-state index is 0.203. The first-order valence-electron chi connectivity index (χ1n) is 7.93. The Morgan fingerprint density at radius 3 is 2.67 bits per heavy atom. The Morgan fingerprint density at radius 1 is 1.11 bits per heavy atom. The van der Waals surface area contributed by atoms with Gasteiger partial charge in [-0.15, -0.1) is 11.3 Å². The van der Waals surface area contributed by atoms with E-state index >= 15 is 0 Å². The van der Waals surface area contributed by atoms with Crippen LogP contribution >= 0.6 is 11.3 Å². The minimum Gasteiger partial charge on any atom is -0.298 e. The van der Waals surface area contributed by atoms with Crippen molar-refractivity contribution in [2.75, 3.05) is 12.4 Å². The summed E-state index contributed by atoms with van der Waals surface area (Å²) in [6, 6.07) is 10.4. The first-order valence-corrected chi connectivity index (χ1v) is 8.81. The average molecular weight is 381 g/mol. The van der Waals surface area contributed by atoms with Gasteiger partial charge >= 0.3 is 0 Å². The van der Waals surface area contributed by atoms with Crippen LogP contribution in [0.4, 0.5) is 9.52 Å². The zero-order valence-corrected chi connectivity index (χ0v) is 14.8. The summed E-state index contributed by atoms with van der Waals surface area (Å²) in [7, 11) is 1.40. The number of amides is 3. The molecule has 2 aromatic carbocycles. The van der Waals surface area contributed by atoms with E-state index in [9.17, 15) is 18.8 Å². The Morgan fingerprint density at radius 2 is 1.89 bits per heavy atom. The van der Waals surface area contributed by atoms with Gasteiger partial charge in [-0.05, 0) is 30.3 Å². The van der Waals surface area contributed by atoms with Crippen molar-refractivity contribution in [3.05, 3.63) is 70.4 Å². The van der Waals surface area contributed by atoms with Crippen LogP contribution in [0, 0.1) is 5.82 Å². The maximum atomic E-state index is 13.3. The normalized spacial score (nSPS) is 13.0. The molecule has 3 aromatic rings. The van der Waals surface area contributed by atoms with E-state index in [1.807, 2.05) is 0 Å². The van der Waals surface area contributed by atoms with E-state index in [0.29, 0.717) is 16.4 Å². The van der Waals surface area contributed by atoms with E-state index in [0.717, 1.165) is 4.90 Å². The Balaban J connectivity index is 1.56. The van der Waals surface area contributed by atoms with Crippen molar-refractivity contribution in [1.82, 2.24) is 9.88 Å². The molecule has 1 aliphatic heterocycles. The number of nitrogens with zero attached hydrogens (tertiary/aromatic N) is 2. The summed E-state index contributed by atoms with van der Waals surface area (Å²) in [5.41, 5.74) is 1.88. The van der Waals surface area contributed by atoms with Gasteiger partial charge in [-0.25, -0.2) is 9.37 Å². The highest BCUT2D eigenvalue weighted by atomic mass is 32.1. The Bertz CT molecular complexity index is 1110. The Hall–Kier alpha value is -3.39. The molecule has 8 heteroatoms. The standard InChI is InChI=1S/C19H12FN3O3S/c1-23-17(25)13-6-5-11(8-14(13)18(23)26)16(24)22-19-21-15(9-27-19)10-3-2-4-12(20)7-10/h2-9H,1H3,(H,21,22,24). The third-order valence-electron chi connectivity index (χ3n) is 4.20. The molecule has 2 heterocycles. The average Bonchev–Trinajstić information content (AvgIpc) is 3.21. The van der Waals surface area contributed by atoms with E-state index < -0.39 is 11.8 Å². The van der Waals surface area contributed by atoms with Gasteiger partial charge in [0.25, 0.3) is 17.7 Å². The first kappa shape index (κ1) is 17.0. The number of hydrogen-bond acceptors (Lipinski definition) is 5. The van der Waals surface area contributed by atoms with Gasteiger partial charge in [-0.1, -0.05) is 12.1 Å².